The molecule has 3 aromatic heterocycles. The molecule has 11 nitrogen and oxygen atoms in total. The second-order valence-corrected chi connectivity index (χ2v) is 8.35. The Morgan fingerprint density at radius 2 is 2.16 bits per heavy atom. The number of hydrogen-bond donors (Lipinski definition) is 2. The van der Waals surface area contributed by atoms with Gasteiger partial charge in [-0.25, -0.2) is 4.98 Å². The van der Waals surface area contributed by atoms with E-state index in [2.05, 4.69) is 30.9 Å². The zero-order valence-corrected chi connectivity index (χ0v) is 17.1. The molecule has 5 heterocycles. The standard InChI is InChI=1S/C20H23N7O4/c1-12-10-31-25-16(12)18(28)22-9-14-7-20(2-4-30-5-3-20)11-27(14)19(29)13-6-15-17(21-8-13)24-26-23-15/h6,8,10,14H,2-5,7,9,11H2,1H3,(H,22,28)(H,21,23,24,26). The minimum Gasteiger partial charge on any atom is -0.381 e. The van der Waals surface area contributed by atoms with E-state index >= 15 is 0 Å². The smallest absolute Gasteiger partial charge is 0.273 e. The Labute approximate surface area is 177 Å². The maximum absolute atomic E-state index is 13.4. The van der Waals surface area contributed by atoms with E-state index < -0.39 is 0 Å². The topological polar surface area (TPSA) is 139 Å². The summed E-state index contributed by atoms with van der Waals surface area (Å²) in [7, 11) is 0. The van der Waals surface area contributed by atoms with E-state index in [0.717, 1.165) is 19.3 Å². The molecule has 5 rings (SSSR count). The monoisotopic (exact) mass is 425 g/mol. The van der Waals surface area contributed by atoms with E-state index in [1.807, 2.05) is 4.90 Å². The van der Waals surface area contributed by atoms with Crippen molar-refractivity contribution in [2.24, 2.45) is 5.41 Å². The average molecular weight is 425 g/mol. The highest BCUT2D eigenvalue weighted by molar-refractivity contribution is 5.97. The lowest BCUT2D eigenvalue weighted by molar-refractivity contribution is 0.0190. The fourth-order valence-electron chi connectivity index (χ4n) is 4.58. The fraction of sp³-hybridized carbons (Fsp3) is 0.500. The van der Waals surface area contributed by atoms with Gasteiger partial charge in [0.1, 0.15) is 11.8 Å². The van der Waals surface area contributed by atoms with Crippen LogP contribution in [-0.2, 0) is 4.74 Å². The Hall–Kier alpha value is -3.34. The van der Waals surface area contributed by atoms with Gasteiger partial charge in [-0.05, 0) is 37.7 Å². The quantitative estimate of drug-likeness (QED) is 0.633. The largest absolute Gasteiger partial charge is 0.381 e. The zero-order chi connectivity index (χ0) is 21.4. The summed E-state index contributed by atoms with van der Waals surface area (Å²) in [4.78, 5) is 32.0. The number of H-pyrrole nitrogens is 1. The van der Waals surface area contributed by atoms with E-state index in [9.17, 15) is 9.59 Å². The third-order valence-electron chi connectivity index (χ3n) is 6.31. The van der Waals surface area contributed by atoms with E-state index in [1.54, 1.807) is 13.0 Å². The van der Waals surface area contributed by atoms with Gasteiger partial charge in [-0.1, -0.05) is 5.16 Å². The highest BCUT2D eigenvalue weighted by Gasteiger charge is 2.46. The van der Waals surface area contributed by atoms with Gasteiger partial charge in [-0.3, -0.25) is 9.59 Å². The molecule has 11 heteroatoms. The highest BCUT2D eigenvalue weighted by Crippen LogP contribution is 2.43. The average Bonchev–Trinajstić information content (AvgIpc) is 3.50. The minimum atomic E-state index is -0.308. The van der Waals surface area contributed by atoms with Crippen LogP contribution in [0.2, 0.25) is 0 Å². The summed E-state index contributed by atoms with van der Waals surface area (Å²) < 4.78 is 10.4. The van der Waals surface area contributed by atoms with Crippen molar-refractivity contribution in [1.82, 2.24) is 35.8 Å². The number of aryl methyl sites for hydroxylation is 1. The molecule has 3 aromatic rings. The van der Waals surface area contributed by atoms with E-state index in [0.29, 0.717) is 48.6 Å². The van der Waals surface area contributed by atoms with Crippen LogP contribution in [0.5, 0.6) is 0 Å². The Morgan fingerprint density at radius 1 is 1.32 bits per heavy atom. The van der Waals surface area contributed by atoms with Crippen molar-refractivity contribution in [3.63, 3.8) is 0 Å². The first kappa shape index (κ1) is 19.6. The molecule has 31 heavy (non-hydrogen) atoms. The number of aromatic nitrogens is 5. The number of nitrogens with one attached hydrogen (secondary N) is 2. The Bertz CT molecular complexity index is 1120. The molecule has 2 aliphatic heterocycles. The van der Waals surface area contributed by atoms with Gasteiger partial charge in [-0.15, -0.1) is 5.10 Å². The molecule has 2 amide bonds. The number of nitrogens with zero attached hydrogens (tertiary/aromatic N) is 5. The molecular formula is C20H23N7O4. The van der Waals surface area contributed by atoms with Gasteiger partial charge >= 0.3 is 0 Å². The third kappa shape index (κ3) is 3.65. The van der Waals surface area contributed by atoms with Crippen molar-refractivity contribution in [3.8, 4) is 0 Å². The normalized spacial score (nSPS) is 20.4. The predicted octanol–water partition coefficient (Wildman–Crippen LogP) is 1.09. The van der Waals surface area contributed by atoms with E-state index in [-0.39, 0.29) is 29.0 Å². The molecule has 1 atom stereocenters. The zero-order valence-electron chi connectivity index (χ0n) is 17.1. The number of carbonyl (C=O) groups is 2. The van der Waals surface area contributed by atoms with Gasteiger partial charge in [0.2, 0.25) is 5.65 Å². The SMILES string of the molecule is Cc1conc1C(=O)NCC1CC2(CCOCC2)CN1C(=O)c1cnc2n[nH]nc2c1. The van der Waals surface area contributed by atoms with Crippen molar-refractivity contribution < 1.29 is 18.8 Å². The molecule has 1 unspecified atom stereocenters. The van der Waals surface area contributed by atoms with Crippen LogP contribution in [0.25, 0.3) is 11.2 Å². The van der Waals surface area contributed by atoms with Crippen LogP contribution in [0, 0.1) is 12.3 Å². The summed E-state index contributed by atoms with van der Waals surface area (Å²) >= 11 is 0. The van der Waals surface area contributed by atoms with Crippen molar-refractivity contribution >= 4 is 23.0 Å². The Morgan fingerprint density at radius 3 is 2.94 bits per heavy atom. The van der Waals surface area contributed by atoms with Gasteiger partial charge < -0.3 is 19.5 Å². The van der Waals surface area contributed by atoms with Gasteiger partial charge in [0.25, 0.3) is 11.8 Å². The number of carbonyl (C=O) groups excluding carboxylic acids is 2. The van der Waals surface area contributed by atoms with Crippen LogP contribution in [0.15, 0.2) is 23.0 Å². The van der Waals surface area contributed by atoms with Crippen LogP contribution < -0.4 is 5.32 Å². The lowest BCUT2D eigenvalue weighted by atomic mass is 9.78. The van der Waals surface area contributed by atoms with Gasteiger partial charge in [0, 0.05) is 44.1 Å². The molecule has 2 fully saturated rings. The molecule has 2 N–H and O–H groups in total. The molecule has 0 aliphatic carbocycles. The predicted molar refractivity (Wildman–Crippen MR) is 107 cm³/mol. The Kier molecular flexibility index (Phi) is 4.89. The highest BCUT2D eigenvalue weighted by atomic mass is 16.5. The number of hydrogen-bond acceptors (Lipinski definition) is 8. The second-order valence-electron chi connectivity index (χ2n) is 8.35. The van der Waals surface area contributed by atoms with Crippen molar-refractivity contribution in [2.75, 3.05) is 26.3 Å². The summed E-state index contributed by atoms with van der Waals surface area (Å²) in [6.07, 6.45) is 5.55. The first-order valence-corrected chi connectivity index (χ1v) is 10.3. The summed E-state index contributed by atoms with van der Waals surface area (Å²) in [6, 6.07) is 1.55. The van der Waals surface area contributed by atoms with Crippen molar-refractivity contribution in [2.45, 2.75) is 32.2 Å². The minimum absolute atomic E-state index is 0.00146. The second kappa shape index (κ2) is 7.73. The maximum Gasteiger partial charge on any atom is 0.273 e. The summed E-state index contributed by atoms with van der Waals surface area (Å²) in [6.45, 7) is 4.09. The molecule has 0 bridgehead atoms. The molecular weight excluding hydrogens is 402 g/mol. The summed E-state index contributed by atoms with van der Waals surface area (Å²) in [5.41, 5.74) is 2.39. The summed E-state index contributed by atoms with van der Waals surface area (Å²) in [5, 5.41) is 17.2. The lowest BCUT2D eigenvalue weighted by Crippen LogP contribution is -2.43. The number of amides is 2. The van der Waals surface area contributed by atoms with Crippen LogP contribution in [0.4, 0.5) is 0 Å². The number of fused-ring (bicyclic) bond motifs is 1. The Balaban J connectivity index is 1.37. The lowest BCUT2D eigenvalue weighted by Gasteiger charge is -2.33. The molecule has 162 valence electrons. The van der Waals surface area contributed by atoms with Gasteiger partial charge in [0.15, 0.2) is 5.69 Å². The third-order valence-corrected chi connectivity index (χ3v) is 6.31. The first-order valence-electron chi connectivity index (χ1n) is 10.3. The van der Waals surface area contributed by atoms with Crippen LogP contribution in [0.1, 0.15) is 45.7 Å². The number of aromatic amines is 1. The number of pyridine rings is 1. The molecule has 0 saturated carbocycles. The van der Waals surface area contributed by atoms with Gasteiger partial charge in [0.05, 0.1) is 5.56 Å². The van der Waals surface area contributed by atoms with E-state index in [4.69, 9.17) is 9.26 Å². The van der Waals surface area contributed by atoms with Crippen LogP contribution in [-0.4, -0.2) is 74.6 Å². The molecule has 2 saturated heterocycles. The van der Waals surface area contributed by atoms with Crippen LogP contribution >= 0.6 is 0 Å². The number of likely N-dealkylation sites (tertiary alicyclic amines) is 1. The van der Waals surface area contributed by atoms with Gasteiger partial charge in [-0.2, -0.15) is 10.3 Å². The van der Waals surface area contributed by atoms with E-state index in [1.165, 1.54) is 12.5 Å². The van der Waals surface area contributed by atoms with Crippen LogP contribution in [0.3, 0.4) is 0 Å². The molecule has 1 spiro atoms. The molecule has 0 radical (unpaired) electrons. The number of rotatable bonds is 4. The first-order chi connectivity index (χ1) is 15.0. The van der Waals surface area contributed by atoms with Crippen molar-refractivity contribution in [1.29, 1.82) is 0 Å². The van der Waals surface area contributed by atoms with Crippen molar-refractivity contribution in [3.05, 3.63) is 35.3 Å². The molecule has 0 aromatic carbocycles. The number of ether oxygens (including phenoxy) is 1. The molecule has 2 aliphatic rings. The fourth-order valence-corrected chi connectivity index (χ4v) is 4.58. The summed E-state index contributed by atoms with van der Waals surface area (Å²) in [5.74, 6) is -0.435. The maximum atomic E-state index is 13.4.